The van der Waals surface area contributed by atoms with Gasteiger partial charge in [-0.15, -0.1) is 5.10 Å². The van der Waals surface area contributed by atoms with Gasteiger partial charge >= 0.3 is 0 Å². The molecule has 1 amide bonds. The number of ether oxygens (including phenoxy) is 1. The van der Waals surface area contributed by atoms with Crippen LogP contribution in [0, 0.1) is 0 Å². The van der Waals surface area contributed by atoms with E-state index in [1.165, 1.54) is 16.4 Å². The van der Waals surface area contributed by atoms with Crippen molar-refractivity contribution in [3.8, 4) is 16.9 Å². The molecular weight excluding hydrogens is 426 g/mol. The Labute approximate surface area is 197 Å². The maximum Gasteiger partial charge on any atom is 0.276 e. The molecule has 0 N–H and O–H groups in total. The minimum atomic E-state index is -0.114. The van der Waals surface area contributed by atoms with Crippen molar-refractivity contribution in [2.45, 2.75) is 13.5 Å². The number of aryl methyl sites for hydroxylation is 1. The third-order valence-electron chi connectivity index (χ3n) is 6.54. The Balaban J connectivity index is 1.54. The molecule has 1 saturated heterocycles. The number of benzene rings is 3. The highest BCUT2D eigenvalue weighted by Crippen LogP contribution is 2.32. The zero-order valence-electron chi connectivity index (χ0n) is 19.0. The first kappa shape index (κ1) is 20.6. The predicted molar refractivity (Wildman–Crippen MR) is 132 cm³/mol. The first-order valence-corrected chi connectivity index (χ1v) is 11.7. The van der Waals surface area contributed by atoms with Crippen molar-refractivity contribution in [2.75, 3.05) is 26.3 Å². The molecular formula is C27H25N5O2. The number of hydrogen-bond acceptors (Lipinski definition) is 4. The molecule has 0 unspecified atom stereocenters. The molecule has 1 aliphatic rings. The standard InChI is InChI=1S/C27H25N5O2/c1-2-31-23-11-7-6-10-21(23)22-18-20(12-13-24(22)31)32-26(19-8-4-3-5-9-19)25(28-29-32)27(33)30-14-16-34-17-15-30/h3-13,18H,2,14-17H2,1H3. The lowest BCUT2D eigenvalue weighted by Crippen LogP contribution is -2.41. The number of rotatable bonds is 4. The molecule has 3 aromatic carbocycles. The van der Waals surface area contributed by atoms with E-state index in [1.54, 1.807) is 9.58 Å². The average Bonchev–Trinajstić information content (AvgIpc) is 3.48. The van der Waals surface area contributed by atoms with Gasteiger partial charge in [-0.25, -0.2) is 4.68 Å². The van der Waals surface area contributed by atoms with Gasteiger partial charge in [0, 0.05) is 47.0 Å². The van der Waals surface area contributed by atoms with E-state index in [0.29, 0.717) is 37.7 Å². The maximum absolute atomic E-state index is 13.4. The van der Waals surface area contributed by atoms with Crippen LogP contribution in [0.3, 0.4) is 0 Å². The van der Waals surface area contributed by atoms with Gasteiger partial charge in [-0.1, -0.05) is 53.7 Å². The molecule has 5 aromatic rings. The van der Waals surface area contributed by atoms with E-state index in [-0.39, 0.29) is 5.91 Å². The van der Waals surface area contributed by atoms with Crippen LogP contribution in [0.15, 0.2) is 72.8 Å². The van der Waals surface area contributed by atoms with Crippen LogP contribution in [-0.2, 0) is 11.3 Å². The summed E-state index contributed by atoms with van der Waals surface area (Å²) in [6, 6.07) is 24.7. The molecule has 0 atom stereocenters. The van der Waals surface area contributed by atoms with Crippen LogP contribution in [0.1, 0.15) is 17.4 Å². The summed E-state index contributed by atoms with van der Waals surface area (Å²) in [5, 5.41) is 11.2. The lowest BCUT2D eigenvalue weighted by atomic mass is 10.1. The predicted octanol–water partition coefficient (Wildman–Crippen LogP) is 4.53. The van der Waals surface area contributed by atoms with E-state index in [0.717, 1.165) is 23.2 Å². The fourth-order valence-electron chi connectivity index (χ4n) is 4.89. The Morgan fingerprint density at radius 1 is 0.912 bits per heavy atom. The second-order valence-corrected chi connectivity index (χ2v) is 8.43. The second kappa shape index (κ2) is 8.43. The van der Waals surface area contributed by atoms with E-state index in [2.05, 4.69) is 64.3 Å². The lowest BCUT2D eigenvalue weighted by molar-refractivity contribution is 0.0299. The van der Waals surface area contributed by atoms with Crippen LogP contribution in [0.2, 0.25) is 0 Å². The Morgan fingerprint density at radius 3 is 2.44 bits per heavy atom. The molecule has 0 bridgehead atoms. The summed E-state index contributed by atoms with van der Waals surface area (Å²) in [5.41, 5.74) is 5.24. The van der Waals surface area contributed by atoms with Crippen LogP contribution in [0.25, 0.3) is 38.8 Å². The number of hydrogen-bond donors (Lipinski definition) is 0. The van der Waals surface area contributed by atoms with Crippen molar-refractivity contribution in [3.63, 3.8) is 0 Å². The highest BCUT2D eigenvalue weighted by Gasteiger charge is 2.27. The van der Waals surface area contributed by atoms with Crippen LogP contribution in [0.5, 0.6) is 0 Å². The van der Waals surface area contributed by atoms with Crippen molar-refractivity contribution in [2.24, 2.45) is 0 Å². The van der Waals surface area contributed by atoms with Crippen LogP contribution in [-0.4, -0.2) is 56.7 Å². The van der Waals surface area contributed by atoms with E-state index in [4.69, 9.17) is 4.74 Å². The molecule has 34 heavy (non-hydrogen) atoms. The van der Waals surface area contributed by atoms with Crippen molar-refractivity contribution < 1.29 is 9.53 Å². The molecule has 0 aliphatic carbocycles. The SMILES string of the molecule is CCn1c2ccccc2c2cc(-n3nnc(C(=O)N4CCOCC4)c3-c3ccccc3)ccc21. The zero-order valence-corrected chi connectivity index (χ0v) is 19.0. The Bertz CT molecular complexity index is 1500. The zero-order chi connectivity index (χ0) is 23.1. The summed E-state index contributed by atoms with van der Waals surface area (Å²) >= 11 is 0. The second-order valence-electron chi connectivity index (χ2n) is 8.43. The van der Waals surface area contributed by atoms with Crippen molar-refractivity contribution in [3.05, 3.63) is 78.5 Å². The van der Waals surface area contributed by atoms with Gasteiger partial charge in [0.25, 0.3) is 5.91 Å². The number of amides is 1. The summed E-state index contributed by atoms with van der Waals surface area (Å²) in [6.07, 6.45) is 0. The van der Waals surface area contributed by atoms with Gasteiger partial charge in [-0.05, 0) is 31.2 Å². The number of nitrogens with zero attached hydrogens (tertiary/aromatic N) is 5. The fraction of sp³-hybridized carbons (Fsp3) is 0.222. The summed E-state index contributed by atoms with van der Waals surface area (Å²) in [5.74, 6) is -0.114. The summed E-state index contributed by atoms with van der Waals surface area (Å²) in [7, 11) is 0. The van der Waals surface area contributed by atoms with E-state index in [9.17, 15) is 4.79 Å². The highest BCUT2D eigenvalue weighted by molar-refractivity contribution is 6.08. The smallest absolute Gasteiger partial charge is 0.276 e. The fourth-order valence-corrected chi connectivity index (χ4v) is 4.89. The molecule has 170 valence electrons. The molecule has 6 rings (SSSR count). The highest BCUT2D eigenvalue weighted by atomic mass is 16.5. The normalized spacial score (nSPS) is 14.2. The number of fused-ring (bicyclic) bond motifs is 3. The quantitative estimate of drug-likeness (QED) is 0.403. The molecule has 1 aliphatic heterocycles. The molecule has 0 saturated carbocycles. The van der Waals surface area contributed by atoms with Crippen LogP contribution < -0.4 is 0 Å². The van der Waals surface area contributed by atoms with Gasteiger partial charge in [-0.3, -0.25) is 4.79 Å². The number of carbonyl (C=O) groups excluding carboxylic acids is 1. The van der Waals surface area contributed by atoms with E-state index < -0.39 is 0 Å². The summed E-state index contributed by atoms with van der Waals surface area (Å²) in [4.78, 5) is 15.2. The minimum absolute atomic E-state index is 0.114. The Morgan fingerprint density at radius 2 is 1.65 bits per heavy atom. The van der Waals surface area contributed by atoms with Crippen molar-refractivity contribution >= 4 is 27.7 Å². The van der Waals surface area contributed by atoms with Crippen LogP contribution in [0.4, 0.5) is 0 Å². The maximum atomic E-state index is 13.4. The largest absolute Gasteiger partial charge is 0.378 e. The molecule has 2 aromatic heterocycles. The van der Waals surface area contributed by atoms with Gasteiger partial charge in [0.05, 0.1) is 18.9 Å². The van der Waals surface area contributed by atoms with Gasteiger partial charge in [-0.2, -0.15) is 0 Å². The van der Waals surface area contributed by atoms with Crippen molar-refractivity contribution in [1.29, 1.82) is 0 Å². The monoisotopic (exact) mass is 451 g/mol. The number of carbonyl (C=O) groups is 1. The Kier molecular flexibility index (Phi) is 5.11. The van der Waals surface area contributed by atoms with Gasteiger partial charge in [0.15, 0.2) is 5.69 Å². The number of aromatic nitrogens is 4. The van der Waals surface area contributed by atoms with Gasteiger partial charge in [0.1, 0.15) is 5.69 Å². The van der Waals surface area contributed by atoms with Crippen molar-refractivity contribution in [1.82, 2.24) is 24.5 Å². The number of morpholine rings is 1. The summed E-state index contributed by atoms with van der Waals surface area (Å²) < 4.78 is 9.54. The molecule has 0 spiro atoms. The van der Waals surface area contributed by atoms with E-state index in [1.807, 2.05) is 30.3 Å². The molecule has 1 fully saturated rings. The van der Waals surface area contributed by atoms with Gasteiger partial charge in [0.2, 0.25) is 0 Å². The summed E-state index contributed by atoms with van der Waals surface area (Å²) in [6.45, 7) is 5.25. The molecule has 3 heterocycles. The van der Waals surface area contributed by atoms with E-state index >= 15 is 0 Å². The first-order valence-electron chi connectivity index (χ1n) is 11.7. The molecule has 7 heteroatoms. The average molecular weight is 452 g/mol. The Hall–Kier alpha value is -3.97. The molecule has 7 nitrogen and oxygen atoms in total. The van der Waals surface area contributed by atoms with Gasteiger partial charge < -0.3 is 14.2 Å². The number of para-hydroxylation sites is 1. The minimum Gasteiger partial charge on any atom is -0.378 e. The van der Waals surface area contributed by atoms with Crippen LogP contribution >= 0.6 is 0 Å². The first-order chi connectivity index (χ1) is 16.8. The topological polar surface area (TPSA) is 65.2 Å². The lowest BCUT2D eigenvalue weighted by Gasteiger charge is -2.26. The third kappa shape index (κ3) is 3.28. The third-order valence-corrected chi connectivity index (χ3v) is 6.54. The molecule has 0 radical (unpaired) electrons.